The zero-order valence-electron chi connectivity index (χ0n) is 12.3. The number of allylic oxidation sites excluding steroid dienone is 2. The van der Waals surface area contributed by atoms with Gasteiger partial charge in [0.2, 0.25) is 0 Å². The molecule has 0 rings (SSSR count). The minimum absolute atomic E-state index is 0. The van der Waals surface area contributed by atoms with Crippen molar-refractivity contribution in [2.24, 2.45) is 15.8 Å². The summed E-state index contributed by atoms with van der Waals surface area (Å²) in [7, 11) is 0. The van der Waals surface area contributed by atoms with Crippen LogP contribution in [-0.2, 0) is 0 Å². The van der Waals surface area contributed by atoms with E-state index in [9.17, 15) is 0 Å². The first-order valence-corrected chi connectivity index (χ1v) is 9.58. The summed E-state index contributed by atoms with van der Waals surface area (Å²) in [5.41, 5.74) is 0. The Kier molecular flexibility index (Phi) is 11.3. The average molecular weight is 231 g/mol. The fourth-order valence-electron chi connectivity index (χ4n) is 2.59. The molecule has 0 aromatic carbocycles. The van der Waals surface area contributed by atoms with E-state index in [-0.39, 0.29) is 18.9 Å². The van der Waals surface area contributed by atoms with E-state index in [1.54, 1.807) is 0 Å². The molecule has 0 heterocycles. The van der Waals surface area contributed by atoms with Crippen LogP contribution >= 0.6 is 0 Å². The molecule has 0 aliphatic carbocycles. The Hall–Kier alpha value is 0.540. The first-order valence-electron chi connectivity index (χ1n) is 6.28. The maximum Gasteiger partial charge on any atom is 1.00 e. The summed E-state index contributed by atoms with van der Waals surface area (Å²) in [6, 6.07) is 0. The van der Waals surface area contributed by atoms with E-state index in [2.05, 4.69) is 39.6 Å². The van der Waals surface area contributed by atoms with Crippen LogP contribution in [0.15, 0.2) is 16.1 Å². The van der Waals surface area contributed by atoms with Crippen molar-refractivity contribution in [1.29, 1.82) is 0 Å². The largest absolute Gasteiger partial charge is 1.00 e. The molecule has 0 aliphatic heterocycles. The van der Waals surface area contributed by atoms with E-state index in [1.807, 2.05) is 19.2 Å². The summed E-state index contributed by atoms with van der Waals surface area (Å²) in [6.45, 7) is 11.3. The molecule has 0 saturated heterocycles. The van der Waals surface area contributed by atoms with Crippen LogP contribution in [0.1, 0.15) is 34.6 Å². The zero-order valence-corrected chi connectivity index (χ0v) is 13.5. The van der Waals surface area contributed by atoms with Gasteiger partial charge in [-0.15, -0.1) is 0 Å². The van der Waals surface area contributed by atoms with Crippen LogP contribution in [0.3, 0.4) is 0 Å². The summed E-state index contributed by atoms with van der Waals surface area (Å²) < 4.78 is 4.88. The van der Waals surface area contributed by atoms with Crippen molar-refractivity contribution in [1.82, 2.24) is 0 Å². The quantitative estimate of drug-likeness (QED) is 0.485. The molecule has 1 nitrogen and oxygen atoms in total. The van der Waals surface area contributed by atoms with Gasteiger partial charge in [0.1, 0.15) is 0 Å². The summed E-state index contributed by atoms with van der Waals surface area (Å²) in [6.07, 6.45) is 6.13. The summed E-state index contributed by atoms with van der Waals surface area (Å²) in [4.78, 5) is 0. The van der Waals surface area contributed by atoms with Crippen molar-refractivity contribution in [2.45, 2.75) is 51.0 Å². The molecule has 3 heteroatoms. The SMILES string of the molecule is C/C=C/C=[N]/[Al-]([CH3])([CH2]C(C)C)[CH2]C(C)C.[Li+]. The fourth-order valence-corrected chi connectivity index (χ4v) is 7.61. The molecule has 0 spiro atoms. The molecule has 0 aliphatic rings. The Bertz CT molecular complexity index is 212. The van der Waals surface area contributed by atoms with E-state index < -0.39 is 13.3 Å². The van der Waals surface area contributed by atoms with Crippen LogP contribution in [0.2, 0.25) is 16.4 Å². The zero-order chi connectivity index (χ0) is 11.9. The van der Waals surface area contributed by atoms with Crippen LogP contribution in [0, 0.1) is 11.8 Å². The van der Waals surface area contributed by atoms with Crippen molar-refractivity contribution < 1.29 is 18.9 Å². The van der Waals surface area contributed by atoms with Crippen LogP contribution in [-0.4, -0.2) is 19.5 Å². The van der Waals surface area contributed by atoms with Gasteiger partial charge in [-0.2, -0.15) is 16.4 Å². The van der Waals surface area contributed by atoms with Gasteiger partial charge >= 0.3 is 18.9 Å². The minimum atomic E-state index is -1.70. The molecule has 88 valence electrons. The second kappa shape index (κ2) is 9.56. The minimum Gasteiger partial charge on any atom is -0.558 e. The van der Waals surface area contributed by atoms with Gasteiger partial charge < -0.3 is 3.98 Å². The monoisotopic (exact) mass is 231 g/mol. The van der Waals surface area contributed by atoms with Crippen molar-refractivity contribution in [3.63, 3.8) is 0 Å². The van der Waals surface area contributed by atoms with Crippen LogP contribution < -0.4 is 18.9 Å². The van der Waals surface area contributed by atoms with E-state index in [4.69, 9.17) is 3.98 Å². The Labute approximate surface area is 117 Å². The molecule has 16 heavy (non-hydrogen) atoms. The molecule has 0 atom stereocenters. The molecule has 0 N–H and O–H groups in total. The van der Waals surface area contributed by atoms with Crippen LogP contribution in [0.5, 0.6) is 0 Å². The smallest absolute Gasteiger partial charge is 0.558 e. The molecule has 0 radical (unpaired) electrons. The Balaban J connectivity index is 0. The van der Waals surface area contributed by atoms with Crippen LogP contribution in [0.4, 0.5) is 0 Å². The topological polar surface area (TPSA) is 12.4 Å². The number of hydrogen-bond donors (Lipinski definition) is 0. The van der Waals surface area contributed by atoms with Gasteiger partial charge in [0, 0.05) is 0 Å². The predicted octanol–water partition coefficient (Wildman–Crippen LogP) is 1.52. The molecule has 0 saturated carbocycles. The molecule has 0 aromatic rings. The Morgan fingerprint density at radius 2 is 1.50 bits per heavy atom. The second-order valence-corrected chi connectivity index (χ2v) is 10.5. The second-order valence-electron chi connectivity index (χ2n) is 5.81. The first-order chi connectivity index (χ1) is 6.89. The van der Waals surface area contributed by atoms with Gasteiger partial charge in [0.15, 0.2) is 0 Å². The van der Waals surface area contributed by atoms with Gasteiger partial charge in [-0.3, -0.25) is 0 Å². The van der Waals surface area contributed by atoms with Crippen LogP contribution in [0.25, 0.3) is 0 Å². The Morgan fingerprint density at radius 1 is 1.06 bits per heavy atom. The number of rotatable bonds is 6. The predicted molar refractivity (Wildman–Crippen MR) is 74.2 cm³/mol. The number of nitrogens with zero attached hydrogens (tertiary/aromatic N) is 1. The third-order valence-corrected chi connectivity index (χ3v) is 7.49. The third kappa shape index (κ3) is 9.74. The molecule has 0 amide bonds. The van der Waals surface area contributed by atoms with Gasteiger partial charge in [0.05, 0.1) is 0 Å². The van der Waals surface area contributed by atoms with Crippen molar-refractivity contribution in [3.8, 4) is 0 Å². The molecular formula is C13H27AlLiN. The van der Waals surface area contributed by atoms with Gasteiger partial charge in [0.25, 0.3) is 13.3 Å². The van der Waals surface area contributed by atoms with E-state index in [0.717, 1.165) is 11.8 Å². The molecule has 0 aromatic heterocycles. The van der Waals surface area contributed by atoms with E-state index in [1.165, 1.54) is 10.6 Å². The molecule has 0 bridgehead atoms. The maximum absolute atomic E-state index is 4.88. The summed E-state index contributed by atoms with van der Waals surface area (Å²) in [5.74, 6) is 4.00. The van der Waals surface area contributed by atoms with Crippen molar-refractivity contribution in [2.75, 3.05) is 0 Å². The van der Waals surface area contributed by atoms with E-state index >= 15 is 0 Å². The normalized spacial score (nSPS) is 13.0. The first kappa shape index (κ1) is 18.9. The molecular weight excluding hydrogens is 204 g/mol. The molecule has 0 fully saturated rings. The average Bonchev–Trinajstić information content (AvgIpc) is 2.00. The molecule has 0 unspecified atom stereocenters. The van der Waals surface area contributed by atoms with Gasteiger partial charge in [-0.25, -0.2) is 0 Å². The van der Waals surface area contributed by atoms with Crippen molar-refractivity contribution >= 4 is 19.5 Å². The summed E-state index contributed by atoms with van der Waals surface area (Å²) >= 11 is -1.70. The van der Waals surface area contributed by atoms with E-state index in [0.29, 0.717) is 0 Å². The maximum atomic E-state index is 4.88. The standard InChI is InChI=1S/C4H6N.2C4H9.CH3.Al.Li/c1-2-3-4-5;2*1-4(2)3;;;/h2-4H,1H3;2*4H,1H2,2-3H3;1H3;;/q-1;;;;;+1/b3-2+;;;;;. The van der Waals surface area contributed by atoms with Crippen molar-refractivity contribution in [3.05, 3.63) is 12.2 Å². The van der Waals surface area contributed by atoms with Gasteiger partial charge in [-0.05, 0) is 13.1 Å². The Morgan fingerprint density at radius 3 is 1.81 bits per heavy atom. The number of hydrogen-bond acceptors (Lipinski definition) is 1. The van der Waals surface area contributed by atoms with Gasteiger partial charge in [-0.1, -0.05) is 51.7 Å². The third-order valence-electron chi connectivity index (χ3n) is 2.68. The fraction of sp³-hybridized carbons (Fsp3) is 0.769. The summed E-state index contributed by atoms with van der Waals surface area (Å²) in [5, 5.41) is 2.67.